The minimum atomic E-state index is -0.984. The van der Waals surface area contributed by atoms with E-state index >= 15 is 0 Å². The second-order valence-electron chi connectivity index (χ2n) is 6.84. The number of carbonyl (C=O) groups is 1. The molecule has 1 aliphatic rings. The normalized spacial score (nSPS) is 19.9. The van der Waals surface area contributed by atoms with Crippen LogP contribution in [0.3, 0.4) is 0 Å². The molecule has 2 rings (SSSR count). The van der Waals surface area contributed by atoms with Crippen LogP contribution >= 0.6 is 0 Å². The third-order valence-corrected chi connectivity index (χ3v) is 3.67. The number of amides is 1. The number of hydrogen-bond donors (Lipinski definition) is 1. The average Bonchev–Trinajstić information content (AvgIpc) is 2.49. The third-order valence-electron chi connectivity index (χ3n) is 3.67. The molecule has 1 aromatic rings. The highest BCUT2D eigenvalue weighted by Gasteiger charge is 2.35. The first kappa shape index (κ1) is 18.6. The van der Waals surface area contributed by atoms with Crippen molar-refractivity contribution in [2.24, 2.45) is 0 Å². The zero-order chi connectivity index (χ0) is 17.9. The molecule has 0 saturated carbocycles. The minimum absolute atomic E-state index is 0.0739. The van der Waals surface area contributed by atoms with Crippen molar-refractivity contribution in [3.63, 3.8) is 0 Å². The highest BCUT2D eigenvalue weighted by atomic mass is 19.2. The summed E-state index contributed by atoms with van der Waals surface area (Å²) in [7, 11) is 0. The van der Waals surface area contributed by atoms with Gasteiger partial charge in [-0.3, -0.25) is 4.90 Å². The van der Waals surface area contributed by atoms with Crippen LogP contribution in [0, 0.1) is 11.6 Å². The summed E-state index contributed by atoms with van der Waals surface area (Å²) in [5, 5.41) is 10.5. The average molecular weight is 343 g/mol. The predicted molar refractivity (Wildman–Crippen MR) is 83.6 cm³/mol. The topological polar surface area (TPSA) is 59.0 Å². The zero-order valence-electron chi connectivity index (χ0n) is 14.1. The Morgan fingerprint density at radius 3 is 2.75 bits per heavy atom. The third kappa shape index (κ3) is 4.88. The summed E-state index contributed by atoms with van der Waals surface area (Å²) in [4.78, 5) is 13.7. The van der Waals surface area contributed by atoms with Crippen molar-refractivity contribution >= 4 is 6.09 Å². The molecule has 0 aliphatic carbocycles. The molecular weight excluding hydrogens is 320 g/mol. The van der Waals surface area contributed by atoms with Crippen LogP contribution in [0.5, 0.6) is 0 Å². The molecule has 1 saturated heterocycles. The molecule has 1 amide bonds. The number of aliphatic hydroxyl groups is 1. The van der Waals surface area contributed by atoms with E-state index in [9.17, 15) is 18.7 Å². The van der Waals surface area contributed by atoms with Crippen LogP contribution in [0.1, 0.15) is 26.3 Å². The molecule has 0 spiro atoms. The fourth-order valence-electron chi connectivity index (χ4n) is 2.53. The van der Waals surface area contributed by atoms with Crippen LogP contribution in [-0.2, 0) is 15.9 Å². The van der Waals surface area contributed by atoms with Crippen LogP contribution in [0.25, 0.3) is 0 Å². The Labute approximate surface area is 140 Å². The first-order chi connectivity index (χ1) is 11.2. The number of nitrogens with zero attached hydrogens (tertiary/aromatic N) is 1. The van der Waals surface area contributed by atoms with Crippen LogP contribution in [0.2, 0.25) is 0 Å². The van der Waals surface area contributed by atoms with Crippen molar-refractivity contribution < 1.29 is 28.2 Å². The van der Waals surface area contributed by atoms with Crippen molar-refractivity contribution in [3.8, 4) is 0 Å². The lowest BCUT2D eigenvalue weighted by Gasteiger charge is -2.38. The highest BCUT2D eigenvalue weighted by molar-refractivity contribution is 5.68. The first-order valence-corrected chi connectivity index (χ1v) is 7.87. The molecule has 24 heavy (non-hydrogen) atoms. The quantitative estimate of drug-likeness (QED) is 0.916. The summed E-state index contributed by atoms with van der Waals surface area (Å²) in [6.07, 6.45) is -1.44. The van der Waals surface area contributed by atoms with Gasteiger partial charge in [-0.1, -0.05) is 6.07 Å². The van der Waals surface area contributed by atoms with Crippen molar-refractivity contribution in [1.29, 1.82) is 0 Å². The molecule has 1 aromatic carbocycles. The maximum Gasteiger partial charge on any atom is 0.410 e. The number of hydrogen-bond acceptors (Lipinski definition) is 4. The van der Waals surface area contributed by atoms with Gasteiger partial charge in [0.1, 0.15) is 5.60 Å². The van der Waals surface area contributed by atoms with E-state index in [4.69, 9.17) is 9.47 Å². The molecule has 2 atom stereocenters. The monoisotopic (exact) mass is 343 g/mol. The SMILES string of the molecule is CC(C)(C)OC(=O)N1CCOCC1C(O)Cc1ccc(F)c(F)c1. The Morgan fingerprint density at radius 1 is 1.42 bits per heavy atom. The van der Waals surface area contributed by atoms with E-state index in [2.05, 4.69) is 0 Å². The second-order valence-corrected chi connectivity index (χ2v) is 6.84. The van der Waals surface area contributed by atoms with Crippen LogP contribution in [-0.4, -0.2) is 53.6 Å². The highest BCUT2D eigenvalue weighted by Crippen LogP contribution is 2.19. The summed E-state index contributed by atoms with van der Waals surface area (Å²) in [5.74, 6) is -1.91. The minimum Gasteiger partial charge on any atom is -0.444 e. The largest absolute Gasteiger partial charge is 0.444 e. The number of aliphatic hydroxyl groups excluding tert-OH is 1. The number of halogens is 2. The number of carbonyl (C=O) groups excluding carboxylic acids is 1. The summed E-state index contributed by atoms with van der Waals surface area (Å²) < 4.78 is 37.0. The summed E-state index contributed by atoms with van der Waals surface area (Å²) >= 11 is 0. The summed E-state index contributed by atoms with van der Waals surface area (Å²) in [5.41, 5.74) is -0.207. The second kappa shape index (κ2) is 7.44. The smallest absolute Gasteiger partial charge is 0.410 e. The van der Waals surface area contributed by atoms with Gasteiger partial charge in [0.05, 0.1) is 25.4 Å². The predicted octanol–water partition coefficient (Wildman–Crippen LogP) is 2.50. The van der Waals surface area contributed by atoms with Crippen molar-refractivity contribution in [2.75, 3.05) is 19.8 Å². The molecule has 7 heteroatoms. The van der Waals surface area contributed by atoms with Gasteiger partial charge in [-0.15, -0.1) is 0 Å². The molecule has 0 aromatic heterocycles. The number of rotatable bonds is 3. The molecule has 134 valence electrons. The fourth-order valence-corrected chi connectivity index (χ4v) is 2.53. The Bertz CT molecular complexity index is 588. The summed E-state index contributed by atoms with van der Waals surface area (Å²) in [6.45, 7) is 6.10. The number of ether oxygens (including phenoxy) is 2. The van der Waals surface area contributed by atoms with Gasteiger partial charge >= 0.3 is 6.09 Å². The number of morpholine rings is 1. The van der Waals surface area contributed by atoms with Gasteiger partial charge in [-0.05, 0) is 38.5 Å². The van der Waals surface area contributed by atoms with Crippen LogP contribution in [0.15, 0.2) is 18.2 Å². The van der Waals surface area contributed by atoms with Gasteiger partial charge in [0, 0.05) is 13.0 Å². The Hall–Kier alpha value is -1.73. The lowest BCUT2D eigenvalue weighted by atomic mass is 10.0. The first-order valence-electron chi connectivity index (χ1n) is 7.87. The van der Waals surface area contributed by atoms with Gasteiger partial charge in [-0.25, -0.2) is 13.6 Å². The lowest BCUT2D eigenvalue weighted by Crippen LogP contribution is -2.55. The van der Waals surface area contributed by atoms with Gasteiger partial charge < -0.3 is 14.6 Å². The van der Waals surface area contributed by atoms with Gasteiger partial charge in [0.25, 0.3) is 0 Å². The van der Waals surface area contributed by atoms with E-state index in [0.717, 1.165) is 12.1 Å². The molecule has 1 N–H and O–H groups in total. The zero-order valence-corrected chi connectivity index (χ0v) is 14.1. The van der Waals surface area contributed by atoms with E-state index in [1.807, 2.05) is 0 Å². The van der Waals surface area contributed by atoms with E-state index in [1.165, 1.54) is 11.0 Å². The van der Waals surface area contributed by atoms with Gasteiger partial charge in [0.2, 0.25) is 0 Å². The van der Waals surface area contributed by atoms with Crippen LogP contribution in [0.4, 0.5) is 13.6 Å². The molecule has 0 radical (unpaired) electrons. The van der Waals surface area contributed by atoms with Crippen LogP contribution < -0.4 is 0 Å². The van der Waals surface area contributed by atoms with E-state index in [1.54, 1.807) is 20.8 Å². The number of benzene rings is 1. The summed E-state index contributed by atoms with van der Waals surface area (Å²) in [6, 6.07) is 2.85. The molecule has 0 bridgehead atoms. The van der Waals surface area contributed by atoms with Crippen molar-refractivity contribution in [1.82, 2.24) is 4.90 Å². The van der Waals surface area contributed by atoms with E-state index < -0.39 is 35.5 Å². The lowest BCUT2D eigenvalue weighted by molar-refractivity contribution is -0.0660. The standard InChI is InChI=1S/C17H23F2NO4/c1-17(2,3)24-16(22)20-6-7-23-10-14(20)15(21)9-11-4-5-12(18)13(19)8-11/h4-5,8,14-15,21H,6-7,9-10H2,1-3H3. The Kier molecular flexibility index (Phi) is 5.77. The maximum absolute atomic E-state index is 13.3. The molecule has 1 fully saturated rings. The van der Waals surface area contributed by atoms with E-state index in [-0.39, 0.29) is 13.0 Å². The van der Waals surface area contributed by atoms with Gasteiger partial charge in [-0.2, -0.15) is 0 Å². The van der Waals surface area contributed by atoms with Gasteiger partial charge in [0.15, 0.2) is 11.6 Å². The molecular formula is C17H23F2NO4. The Morgan fingerprint density at radius 2 is 2.12 bits per heavy atom. The molecule has 1 heterocycles. The fraction of sp³-hybridized carbons (Fsp3) is 0.588. The molecule has 1 aliphatic heterocycles. The maximum atomic E-state index is 13.3. The molecule has 5 nitrogen and oxygen atoms in total. The molecule has 2 unspecified atom stereocenters. The Balaban J connectivity index is 2.08. The van der Waals surface area contributed by atoms with Crippen molar-refractivity contribution in [2.45, 2.75) is 44.9 Å². The van der Waals surface area contributed by atoms with Crippen molar-refractivity contribution in [3.05, 3.63) is 35.4 Å². The van der Waals surface area contributed by atoms with E-state index in [0.29, 0.717) is 18.7 Å².